The van der Waals surface area contributed by atoms with Gasteiger partial charge in [-0.25, -0.2) is 8.42 Å². The maximum Gasteiger partial charge on any atom is 0.289 e. The van der Waals surface area contributed by atoms with Crippen molar-refractivity contribution in [2.45, 2.75) is 4.90 Å². The van der Waals surface area contributed by atoms with Crippen LogP contribution in [-0.2, 0) is 10.0 Å². The van der Waals surface area contributed by atoms with Gasteiger partial charge in [-0.15, -0.1) is 4.83 Å². The molecule has 0 radical (unpaired) electrons. The van der Waals surface area contributed by atoms with E-state index in [1.54, 1.807) is 0 Å². The summed E-state index contributed by atoms with van der Waals surface area (Å²) in [5.74, 6) is -0.733. The van der Waals surface area contributed by atoms with Crippen LogP contribution >= 0.6 is 11.6 Å². The Morgan fingerprint density at radius 1 is 1.09 bits per heavy atom. The summed E-state index contributed by atoms with van der Waals surface area (Å²) in [7, 11) is -4.30. The van der Waals surface area contributed by atoms with Gasteiger partial charge in [-0.2, -0.15) is 0 Å². The molecule has 0 heterocycles. The molecule has 0 fully saturated rings. The van der Waals surface area contributed by atoms with E-state index >= 15 is 0 Å². The SMILES string of the molecule is O=C(NNS(=O)(=O)c1ccccc1[N+](=O)[O-])c1ccc(Cl)cc1. The van der Waals surface area contributed by atoms with E-state index in [2.05, 4.69) is 0 Å². The number of nitrogens with one attached hydrogen (secondary N) is 2. The quantitative estimate of drug-likeness (QED) is 0.627. The van der Waals surface area contributed by atoms with Gasteiger partial charge in [0.15, 0.2) is 4.90 Å². The van der Waals surface area contributed by atoms with Gasteiger partial charge in [0.25, 0.3) is 21.6 Å². The maximum atomic E-state index is 12.1. The molecule has 2 N–H and O–H groups in total. The van der Waals surface area contributed by atoms with Gasteiger partial charge in [0, 0.05) is 16.7 Å². The molecule has 0 unspecified atom stereocenters. The summed E-state index contributed by atoms with van der Waals surface area (Å²) in [5, 5.41) is 11.3. The number of hydrogen-bond acceptors (Lipinski definition) is 5. The number of hydrazine groups is 1. The molecule has 0 aromatic heterocycles. The Morgan fingerprint density at radius 3 is 2.30 bits per heavy atom. The van der Waals surface area contributed by atoms with E-state index in [0.717, 1.165) is 12.1 Å². The molecule has 0 bridgehead atoms. The molecule has 0 spiro atoms. The number of amides is 1. The summed E-state index contributed by atoms with van der Waals surface area (Å²) < 4.78 is 24.2. The van der Waals surface area contributed by atoms with Crippen molar-refractivity contribution in [3.05, 3.63) is 69.2 Å². The second-order valence-corrected chi connectivity index (χ2v) is 6.38. The predicted octanol–water partition coefficient (Wildman–Crippen LogP) is 1.87. The lowest BCUT2D eigenvalue weighted by molar-refractivity contribution is -0.387. The van der Waals surface area contributed by atoms with Crippen molar-refractivity contribution >= 4 is 33.2 Å². The van der Waals surface area contributed by atoms with Crippen LogP contribution < -0.4 is 10.3 Å². The average Bonchev–Trinajstić information content (AvgIpc) is 2.53. The second-order valence-electron chi connectivity index (χ2n) is 4.29. The minimum Gasteiger partial charge on any atom is -0.273 e. The van der Waals surface area contributed by atoms with Crippen LogP contribution in [0.1, 0.15) is 10.4 Å². The fourth-order valence-electron chi connectivity index (χ4n) is 1.68. The summed E-state index contributed by atoms with van der Waals surface area (Å²) in [6, 6.07) is 10.5. The smallest absolute Gasteiger partial charge is 0.273 e. The highest BCUT2D eigenvalue weighted by Crippen LogP contribution is 2.22. The summed E-state index contributed by atoms with van der Waals surface area (Å²) in [6.45, 7) is 0. The zero-order chi connectivity index (χ0) is 17.0. The molecule has 0 aliphatic heterocycles. The normalized spacial score (nSPS) is 11.0. The number of hydrogen-bond donors (Lipinski definition) is 2. The van der Waals surface area contributed by atoms with Gasteiger partial charge in [-0.05, 0) is 30.3 Å². The van der Waals surface area contributed by atoms with Gasteiger partial charge in [0.2, 0.25) is 0 Å². The molecule has 0 saturated carbocycles. The van der Waals surface area contributed by atoms with Crippen LogP contribution in [-0.4, -0.2) is 19.2 Å². The van der Waals surface area contributed by atoms with Gasteiger partial charge in [0.1, 0.15) is 0 Å². The van der Waals surface area contributed by atoms with Crippen LogP contribution in [0.25, 0.3) is 0 Å². The van der Waals surface area contributed by atoms with Gasteiger partial charge < -0.3 is 0 Å². The van der Waals surface area contributed by atoms with Gasteiger partial charge in [-0.1, -0.05) is 23.7 Å². The molecule has 120 valence electrons. The largest absolute Gasteiger partial charge is 0.289 e. The Labute approximate surface area is 136 Å². The number of carbonyl (C=O) groups is 1. The summed E-state index contributed by atoms with van der Waals surface area (Å²) in [6.07, 6.45) is 0. The highest BCUT2D eigenvalue weighted by molar-refractivity contribution is 7.89. The van der Waals surface area contributed by atoms with Gasteiger partial charge in [0.05, 0.1) is 4.92 Å². The molecule has 0 aliphatic rings. The first-order valence-corrected chi connectivity index (χ1v) is 7.98. The van der Waals surface area contributed by atoms with Crippen molar-refractivity contribution in [1.29, 1.82) is 0 Å². The monoisotopic (exact) mass is 355 g/mol. The molecule has 2 rings (SSSR count). The highest BCUT2D eigenvalue weighted by atomic mass is 35.5. The first-order chi connectivity index (χ1) is 10.8. The van der Waals surface area contributed by atoms with Gasteiger partial charge >= 0.3 is 0 Å². The number of nitrogens with zero attached hydrogens (tertiary/aromatic N) is 1. The lowest BCUT2D eigenvalue weighted by atomic mass is 10.2. The molecule has 23 heavy (non-hydrogen) atoms. The van der Waals surface area contributed by atoms with E-state index in [0.29, 0.717) is 5.02 Å². The number of nitro groups is 1. The van der Waals surface area contributed by atoms with E-state index in [9.17, 15) is 23.3 Å². The molecule has 0 aliphatic carbocycles. The zero-order valence-electron chi connectivity index (χ0n) is 11.4. The molecule has 2 aromatic rings. The van der Waals surface area contributed by atoms with Crippen LogP contribution in [0.4, 0.5) is 5.69 Å². The Balaban J connectivity index is 2.18. The molecular formula is C13H10ClN3O5S. The van der Waals surface area contributed by atoms with E-state index in [-0.39, 0.29) is 5.56 Å². The Hall–Kier alpha value is -2.49. The summed E-state index contributed by atoms with van der Waals surface area (Å²) in [4.78, 5) is 23.2. The lowest BCUT2D eigenvalue weighted by Crippen LogP contribution is -2.41. The topological polar surface area (TPSA) is 118 Å². The predicted molar refractivity (Wildman–Crippen MR) is 82.3 cm³/mol. The minimum absolute atomic E-state index is 0.166. The van der Waals surface area contributed by atoms with Crippen molar-refractivity contribution in [3.63, 3.8) is 0 Å². The molecule has 2 aromatic carbocycles. The van der Waals surface area contributed by atoms with E-state index < -0.39 is 31.4 Å². The summed E-state index contributed by atoms with van der Waals surface area (Å²) in [5.41, 5.74) is 1.55. The van der Waals surface area contributed by atoms with Crippen LogP contribution in [0.5, 0.6) is 0 Å². The molecule has 8 nitrogen and oxygen atoms in total. The second kappa shape index (κ2) is 6.73. The third-order valence-corrected chi connectivity index (χ3v) is 4.30. The first-order valence-electron chi connectivity index (χ1n) is 6.12. The first kappa shape index (κ1) is 16.9. The maximum absolute atomic E-state index is 12.1. The van der Waals surface area contributed by atoms with E-state index in [4.69, 9.17) is 11.6 Å². The Morgan fingerprint density at radius 2 is 1.70 bits per heavy atom. The van der Waals surface area contributed by atoms with Crippen LogP contribution in [0.3, 0.4) is 0 Å². The van der Waals surface area contributed by atoms with Crippen molar-refractivity contribution in [2.24, 2.45) is 0 Å². The van der Waals surface area contributed by atoms with Crippen molar-refractivity contribution in [3.8, 4) is 0 Å². The van der Waals surface area contributed by atoms with Crippen LogP contribution in [0.15, 0.2) is 53.4 Å². The number of carbonyl (C=O) groups excluding carboxylic acids is 1. The highest BCUT2D eigenvalue weighted by Gasteiger charge is 2.25. The van der Waals surface area contributed by atoms with Crippen molar-refractivity contribution in [2.75, 3.05) is 0 Å². The van der Waals surface area contributed by atoms with Crippen LogP contribution in [0.2, 0.25) is 5.02 Å². The molecule has 0 saturated heterocycles. The lowest BCUT2D eigenvalue weighted by Gasteiger charge is -2.08. The number of para-hydroxylation sites is 1. The Kier molecular flexibility index (Phi) is 4.94. The van der Waals surface area contributed by atoms with E-state index in [1.807, 2.05) is 10.3 Å². The zero-order valence-corrected chi connectivity index (χ0v) is 13.0. The standard InChI is InChI=1S/C13H10ClN3O5S/c14-10-7-5-9(6-8-10)13(18)15-16-23(21,22)12-4-2-1-3-11(12)17(19)20/h1-8,16H,(H,15,18). The molecular weight excluding hydrogens is 346 g/mol. The van der Waals surface area contributed by atoms with Crippen molar-refractivity contribution in [1.82, 2.24) is 10.3 Å². The van der Waals surface area contributed by atoms with Crippen molar-refractivity contribution < 1.29 is 18.1 Å². The fourth-order valence-corrected chi connectivity index (χ4v) is 2.82. The van der Waals surface area contributed by atoms with Gasteiger partial charge in [-0.3, -0.25) is 20.3 Å². The number of benzene rings is 2. The fraction of sp³-hybridized carbons (Fsp3) is 0. The average molecular weight is 356 g/mol. The number of sulfonamides is 1. The third-order valence-electron chi connectivity index (χ3n) is 2.76. The molecule has 1 amide bonds. The minimum atomic E-state index is -4.30. The number of nitro benzene ring substituents is 1. The molecule has 10 heteroatoms. The molecule has 0 atom stereocenters. The number of rotatable bonds is 5. The summed E-state index contributed by atoms with van der Waals surface area (Å²) >= 11 is 5.69. The number of halogens is 1. The third kappa shape index (κ3) is 4.03. The van der Waals surface area contributed by atoms with Crippen LogP contribution in [0, 0.1) is 10.1 Å². The Bertz CT molecular complexity index is 852. The van der Waals surface area contributed by atoms with E-state index in [1.165, 1.54) is 36.4 Å².